The molecule has 0 saturated carbocycles. The molecule has 1 aliphatic heterocycles. The Kier molecular flexibility index (Phi) is 2.87. The molecular formula is C12H18N6. The zero-order valence-corrected chi connectivity index (χ0v) is 10.7. The van der Waals surface area contributed by atoms with Crippen LogP contribution < -0.4 is 5.32 Å². The van der Waals surface area contributed by atoms with Gasteiger partial charge in [-0.05, 0) is 5.92 Å². The van der Waals surface area contributed by atoms with Gasteiger partial charge in [-0.1, -0.05) is 13.8 Å². The lowest BCUT2D eigenvalue weighted by Crippen LogP contribution is -2.31. The topological polar surface area (TPSA) is 71.4 Å². The second kappa shape index (κ2) is 4.53. The summed E-state index contributed by atoms with van der Waals surface area (Å²) in [6.45, 7) is 6.16. The highest BCUT2D eigenvalue weighted by atomic mass is 15.3. The normalized spacial score (nSPS) is 19.2. The van der Waals surface area contributed by atoms with Crippen molar-refractivity contribution in [3.63, 3.8) is 0 Å². The number of hydrogen-bond donors (Lipinski definition) is 2. The van der Waals surface area contributed by atoms with E-state index in [9.17, 15) is 0 Å². The molecule has 0 radical (unpaired) electrons. The van der Waals surface area contributed by atoms with Crippen LogP contribution in [0.5, 0.6) is 0 Å². The maximum Gasteiger partial charge on any atom is 0.150 e. The number of aromatic amines is 1. The Balaban J connectivity index is 1.82. The Morgan fingerprint density at radius 1 is 1.50 bits per heavy atom. The summed E-state index contributed by atoms with van der Waals surface area (Å²) in [5.41, 5.74) is 2.32. The van der Waals surface area contributed by atoms with Crippen molar-refractivity contribution >= 4 is 0 Å². The summed E-state index contributed by atoms with van der Waals surface area (Å²) in [6, 6.07) is 0.210. The number of fused-ring (bicyclic) bond motifs is 1. The third-order valence-corrected chi connectivity index (χ3v) is 3.25. The maximum atomic E-state index is 4.35. The second-order valence-corrected chi connectivity index (χ2v) is 5.20. The molecule has 6 heteroatoms. The molecule has 2 N–H and O–H groups in total. The minimum absolute atomic E-state index is 0.210. The summed E-state index contributed by atoms with van der Waals surface area (Å²) >= 11 is 0. The van der Waals surface area contributed by atoms with E-state index in [0.717, 1.165) is 31.0 Å². The summed E-state index contributed by atoms with van der Waals surface area (Å²) in [5, 5.41) is 11.8. The van der Waals surface area contributed by atoms with E-state index in [1.165, 1.54) is 5.69 Å². The van der Waals surface area contributed by atoms with Gasteiger partial charge in [0.1, 0.15) is 12.2 Å². The Hall–Kier alpha value is -1.69. The number of hydrogen-bond acceptors (Lipinski definition) is 4. The van der Waals surface area contributed by atoms with Crippen LogP contribution in [0.25, 0.3) is 0 Å². The molecule has 18 heavy (non-hydrogen) atoms. The smallest absolute Gasteiger partial charge is 0.150 e. The van der Waals surface area contributed by atoms with E-state index in [2.05, 4.69) is 43.9 Å². The van der Waals surface area contributed by atoms with E-state index in [4.69, 9.17) is 0 Å². The van der Waals surface area contributed by atoms with E-state index in [1.807, 2.05) is 6.33 Å². The highest BCUT2D eigenvalue weighted by molar-refractivity contribution is 5.18. The van der Waals surface area contributed by atoms with Gasteiger partial charge in [-0.25, -0.2) is 4.98 Å². The number of H-pyrrole nitrogens is 1. The van der Waals surface area contributed by atoms with Gasteiger partial charge in [0.2, 0.25) is 0 Å². The van der Waals surface area contributed by atoms with E-state index >= 15 is 0 Å². The summed E-state index contributed by atoms with van der Waals surface area (Å²) in [4.78, 5) is 7.51. The summed E-state index contributed by atoms with van der Waals surface area (Å²) in [6.07, 6.45) is 4.44. The quantitative estimate of drug-likeness (QED) is 0.849. The molecule has 3 rings (SSSR count). The van der Waals surface area contributed by atoms with Crippen molar-refractivity contribution in [1.82, 2.24) is 30.0 Å². The predicted molar refractivity (Wildman–Crippen MR) is 66.7 cm³/mol. The van der Waals surface area contributed by atoms with Crippen molar-refractivity contribution in [3.05, 3.63) is 29.9 Å². The van der Waals surface area contributed by atoms with Crippen molar-refractivity contribution in [1.29, 1.82) is 0 Å². The van der Waals surface area contributed by atoms with Crippen LogP contribution >= 0.6 is 0 Å². The largest absolute Gasteiger partial charge is 0.347 e. The lowest BCUT2D eigenvalue weighted by Gasteiger charge is -2.23. The van der Waals surface area contributed by atoms with Crippen LogP contribution in [0, 0.1) is 5.92 Å². The monoisotopic (exact) mass is 246 g/mol. The molecule has 0 bridgehead atoms. The first-order valence-electron chi connectivity index (χ1n) is 6.36. The standard InChI is InChI=1S/C12H18N6/c1-8(2)5-18-7-16-17-12(18)10-3-9-11(4-13-10)15-6-14-9/h6-8,10,13H,3-5H2,1-2H3,(H,14,15). The first kappa shape index (κ1) is 11.4. The Labute approximate surface area is 106 Å². The zero-order valence-electron chi connectivity index (χ0n) is 10.7. The van der Waals surface area contributed by atoms with Crippen LogP contribution in [-0.2, 0) is 19.5 Å². The zero-order chi connectivity index (χ0) is 12.5. The van der Waals surface area contributed by atoms with Crippen LogP contribution in [0.15, 0.2) is 12.7 Å². The Morgan fingerprint density at radius 3 is 3.22 bits per heavy atom. The molecule has 2 aromatic heterocycles. The van der Waals surface area contributed by atoms with Gasteiger partial charge in [0.15, 0.2) is 0 Å². The number of rotatable bonds is 3. The predicted octanol–water partition coefficient (Wildman–Crippen LogP) is 1.04. The van der Waals surface area contributed by atoms with Gasteiger partial charge < -0.3 is 14.9 Å². The molecule has 0 saturated heterocycles. The number of aromatic nitrogens is 5. The fraction of sp³-hybridized carbons (Fsp3) is 0.583. The van der Waals surface area contributed by atoms with Gasteiger partial charge in [-0.15, -0.1) is 10.2 Å². The Morgan fingerprint density at radius 2 is 2.39 bits per heavy atom. The first-order chi connectivity index (χ1) is 8.74. The molecule has 0 spiro atoms. The van der Waals surface area contributed by atoms with Crippen molar-refractivity contribution in [3.8, 4) is 0 Å². The number of imidazole rings is 1. The lowest BCUT2D eigenvalue weighted by molar-refractivity contribution is 0.425. The lowest BCUT2D eigenvalue weighted by atomic mass is 10.0. The first-order valence-corrected chi connectivity index (χ1v) is 6.36. The molecule has 0 amide bonds. The molecule has 3 heterocycles. The molecule has 6 nitrogen and oxygen atoms in total. The molecule has 0 fully saturated rings. The summed E-state index contributed by atoms with van der Waals surface area (Å²) in [5.74, 6) is 1.60. The highest BCUT2D eigenvalue weighted by Gasteiger charge is 2.25. The molecule has 2 aromatic rings. The van der Waals surface area contributed by atoms with Crippen LogP contribution in [0.1, 0.15) is 37.1 Å². The van der Waals surface area contributed by atoms with E-state index in [-0.39, 0.29) is 6.04 Å². The molecule has 0 aromatic carbocycles. The molecule has 1 atom stereocenters. The SMILES string of the molecule is CC(C)Cn1cnnc1C1Cc2nc[nH]c2CN1. The van der Waals surface area contributed by atoms with Crippen LogP contribution in [0.3, 0.4) is 0 Å². The van der Waals surface area contributed by atoms with Gasteiger partial charge in [-0.2, -0.15) is 0 Å². The average Bonchev–Trinajstić information content (AvgIpc) is 2.95. The molecule has 1 aliphatic rings. The van der Waals surface area contributed by atoms with Crippen LogP contribution in [0.4, 0.5) is 0 Å². The van der Waals surface area contributed by atoms with Gasteiger partial charge in [-0.3, -0.25) is 0 Å². The van der Waals surface area contributed by atoms with E-state index < -0.39 is 0 Å². The van der Waals surface area contributed by atoms with Gasteiger partial charge >= 0.3 is 0 Å². The van der Waals surface area contributed by atoms with Crippen molar-refractivity contribution in [2.75, 3.05) is 0 Å². The molecule has 1 unspecified atom stereocenters. The van der Waals surface area contributed by atoms with E-state index in [1.54, 1.807) is 6.33 Å². The number of nitrogens with zero attached hydrogens (tertiary/aromatic N) is 4. The minimum atomic E-state index is 0.210. The molecule has 96 valence electrons. The van der Waals surface area contributed by atoms with Crippen molar-refractivity contribution in [2.45, 2.75) is 39.4 Å². The molecular weight excluding hydrogens is 228 g/mol. The van der Waals surface area contributed by atoms with Gasteiger partial charge in [0.05, 0.1) is 23.8 Å². The number of nitrogens with one attached hydrogen (secondary N) is 2. The highest BCUT2D eigenvalue weighted by Crippen LogP contribution is 2.22. The van der Waals surface area contributed by atoms with Crippen molar-refractivity contribution < 1.29 is 0 Å². The molecule has 0 aliphatic carbocycles. The van der Waals surface area contributed by atoms with E-state index in [0.29, 0.717) is 5.92 Å². The summed E-state index contributed by atoms with van der Waals surface area (Å²) in [7, 11) is 0. The average molecular weight is 246 g/mol. The fourth-order valence-corrected chi connectivity index (χ4v) is 2.42. The van der Waals surface area contributed by atoms with Crippen LogP contribution in [-0.4, -0.2) is 24.7 Å². The van der Waals surface area contributed by atoms with Crippen LogP contribution in [0.2, 0.25) is 0 Å². The third kappa shape index (κ3) is 2.03. The third-order valence-electron chi connectivity index (χ3n) is 3.25. The fourth-order valence-electron chi connectivity index (χ4n) is 2.42. The maximum absolute atomic E-state index is 4.35. The summed E-state index contributed by atoms with van der Waals surface area (Å²) < 4.78 is 2.14. The Bertz CT molecular complexity index is 526. The van der Waals surface area contributed by atoms with Gasteiger partial charge in [0.25, 0.3) is 0 Å². The van der Waals surface area contributed by atoms with Gasteiger partial charge in [0, 0.05) is 19.5 Å². The van der Waals surface area contributed by atoms with Crippen molar-refractivity contribution in [2.24, 2.45) is 5.92 Å². The second-order valence-electron chi connectivity index (χ2n) is 5.20. The minimum Gasteiger partial charge on any atom is -0.347 e.